The highest BCUT2D eigenvalue weighted by Crippen LogP contribution is 2.62. The molecule has 5 aliphatic carbocycles. The van der Waals surface area contributed by atoms with Crippen molar-refractivity contribution < 1.29 is 19.4 Å². The van der Waals surface area contributed by atoms with E-state index in [4.69, 9.17) is 4.74 Å². The van der Waals surface area contributed by atoms with Gasteiger partial charge in [0.25, 0.3) is 5.91 Å². The number of anilines is 1. The predicted octanol–water partition coefficient (Wildman–Crippen LogP) is 3.31. The highest BCUT2D eigenvalue weighted by molar-refractivity contribution is 7.16. The van der Waals surface area contributed by atoms with Crippen molar-refractivity contribution in [2.75, 3.05) is 11.9 Å². The second-order valence-corrected chi connectivity index (χ2v) is 10.7. The van der Waals surface area contributed by atoms with E-state index < -0.39 is 16.9 Å². The molecule has 1 amide bonds. The lowest BCUT2D eigenvalue weighted by Crippen LogP contribution is -2.58. The van der Waals surface area contributed by atoms with Gasteiger partial charge in [-0.1, -0.05) is 0 Å². The van der Waals surface area contributed by atoms with Crippen LogP contribution in [-0.4, -0.2) is 29.2 Å². The van der Waals surface area contributed by atoms with Gasteiger partial charge in [-0.2, -0.15) is 5.26 Å². The molecular formula is C22H26N2O4S. The molecule has 1 heterocycles. The molecule has 0 aromatic carbocycles. The predicted molar refractivity (Wildman–Crippen MR) is 107 cm³/mol. The third-order valence-electron chi connectivity index (χ3n) is 7.33. The van der Waals surface area contributed by atoms with E-state index in [1.807, 2.05) is 0 Å². The number of nitrogens with zero attached hydrogens (tertiary/aromatic N) is 1. The van der Waals surface area contributed by atoms with Gasteiger partial charge in [0.1, 0.15) is 11.1 Å². The van der Waals surface area contributed by atoms with Crippen molar-refractivity contribution in [3.8, 4) is 6.07 Å². The van der Waals surface area contributed by atoms with E-state index in [1.54, 1.807) is 0 Å². The number of aryl methyl sites for hydroxylation is 1. The lowest BCUT2D eigenvalue weighted by atomic mass is 9.48. The first-order valence-electron chi connectivity index (χ1n) is 10.6. The summed E-state index contributed by atoms with van der Waals surface area (Å²) in [6, 6.07) is 2.23. The van der Waals surface area contributed by atoms with Crippen LogP contribution >= 0.6 is 11.3 Å². The summed E-state index contributed by atoms with van der Waals surface area (Å²) in [5, 5.41) is 23.7. The molecule has 2 N–H and O–H groups in total. The minimum Gasteiger partial charge on any atom is -0.455 e. The lowest BCUT2D eigenvalue weighted by molar-refractivity contribution is -0.196. The number of carbonyl (C=O) groups is 2. The van der Waals surface area contributed by atoms with Gasteiger partial charge in [0.15, 0.2) is 6.61 Å². The zero-order chi connectivity index (χ0) is 20.2. The molecule has 5 aliphatic rings. The van der Waals surface area contributed by atoms with Crippen LogP contribution in [0.5, 0.6) is 0 Å². The molecule has 1 aromatic heterocycles. The van der Waals surface area contributed by atoms with Crippen LogP contribution in [0.1, 0.15) is 67.4 Å². The van der Waals surface area contributed by atoms with E-state index in [-0.39, 0.29) is 12.6 Å². The molecule has 0 saturated heterocycles. The summed E-state index contributed by atoms with van der Waals surface area (Å²) in [4.78, 5) is 26.5. The molecule has 4 bridgehead atoms. The molecule has 4 saturated carbocycles. The molecule has 29 heavy (non-hydrogen) atoms. The highest BCUT2D eigenvalue weighted by atomic mass is 32.1. The van der Waals surface area contributed by atoms with Crippen LogP contribution in [-0.2, 0) is 27.2 Å². The maximum absolute atomic E-state index is 12.9. The van der Waals surface area contributed by atoms with Crippen LogP contribution in [0.2, 0.25) is 0 Å². The summed E-state index contributed by atoms with van der Waals surface area (Å²) >= 11 is 1.47. The minimum atomic E-state index is -0.733. The zero-order valence-electron chi connectivity index (χ0n) is 16.5. The number of rotatable bonds is 4. The number of amides is 1. The van der Waals surface area contributed by atoms with Crippen LogP contribution in [0.15, 0.2) is 0 Å². The Labute approximate surface area is 174 Å². The molecule has 7 heteroatoms. The number of esters is 1. The average molecular weight is 415 g/mol. The van der Waals surface area contributed by atoms with E-state index in [1.165, 1.54) is 16.2 Å². The first-order valence-corrected chi connectivity index (χ1v) is 11.5. The fourth-order valence-corrected chi connectivity index (χ4v) is 7.93. The van der Waals surface area contributed by atoms with Crippen molar-refractivity contribution in [1.29, 1.82) is 5.26 Å². The molecule has 2 atom stereocenters. The van der Waals surface area contributed by atoms with Crippen molar-refractivity contribution in [2.45, 2.75) is 69.8 Å². The zero-order valence-corrected chi connectivity index (χ0v) is 17.3. The Hall–Kier alpha value is -1.91. The smallest absolute Gasteiger partial charge is 0.312 e. The van der Waals surface area contributed by atoms with Crippen molar-refractivity contribution in [1.82, 2.24) is 0 Å². The van der Waals surface area contributed by atoms with Crippen LogP contribution in [0.25, 0.3) is 0 Å². The second-order valence-electron chi connectivity index (χ2n) is 9.62. The highest BCUT2D eigenvalue weighted by Gasteiger charge is 2.60. The van der Waals surface area contributed by atoms with Crippen LogP contribution in [0.3, 0.4) is 0 Å². The normalized spacial score (nSPS) is 34.3. The summed E-state index contributed by atoms with van der Waals surface area (Å²) in [5.41, 5.74) is 0.271. The quantitative estimate of drug-likeness (QED) is 0.737. The number of hydrogen-bond donors (Lipinski definition) is 2. The van der Waals surface area contributed by atoms with Gasteiger partial charge in [0, 0.05) is 4.88 Å². The van der Waals surface area contributed by atoms with Crippen LogP contribution in [0, 0.1) is 28.6 Å². The fourth-order valence-electron chi connectivity index (χ4n) is 6.67. The Morgan fingerprint density at radius 3 is 2.62 bits per heavy atom. The van der Waals surface area contributed by atoms with Gasteiger partial charge in [0.05, 0.1) is 16.6 Å². The first-order chi connectivity index (χ1) is 13.9. The third-order valence-corrected chi connectivity index (χ3v) is 8.54. The Bertz CT molecular complexity index is 901. The molecule has 1 aromatic rings. The molecule has 6 rings (SSSR count). The van der Waals surface area contributed by atoms with E-state index in [2.05, 4.69) is 11.4 Å². The van der Waals surface area contributed by atoms with E-state index >= 15 is 0 Å². The monoisotopic (exact) mass is 414 g/mol. The summed E-state index contributed by atoms with van der Waals surface area (Å²) in [6.07, 6.45) is 8.69. The van der Waals surface area contributed by atoms with Crippen LogP contribution in [0.4, 0.5) is 5.00 Å². The molecule has 2 unspecified atom stereocenters. The van der Waals surface area contributed by atoms with Crippen molar-refractivity contribution >= 4 is 28.2 Å². The number of aliphatic hydroxyl groups is 1. The van der Waals surface area contributed by atoms with Gasteiger partial charge in [-0.3, -0.25) is 9.59 Å². The lowest BCUT2D eigenvalue weighted by Gasteiger charge is -2.58. The Balaban J connectivity index is 1.23. The van der Waals surface area contributed by atoms with Gasteiger partial charge in [-0.15, -0.1) is 11.3 Å². The van der Waals surface area contributed by atoms with Gasteiger partial charge >= 0.3 is 5.97 Å². The molecule has 4 fully saturated rings. The maximum Gasteiger partial charge on any atom is 0.312 e. The Morgan fingerprint density at radius 2 is 1.93 bits per heavy atom. The summed E-state index contributed by atoms with van der Waals surface area (Å²) in [5.74, 6) is 0.0274. The largest absolute Gasteiger partial charge is 0.455 e. The summed E-state index contributed by atoms with van der Waals surface area (Å²) in [6.45, 7) is -0.345. The van der Waals surface area contributed by atoms with E-state index in [9.17, 15) is 20.0 Å². The molecule has 6 nitrogen and oxygen atoms in total. The van der Waals surface area contributed by atoms with Crippen LogP contribution < -0.4 is 5.32 Å². The average Bonchev–Trinajstić information content (AvgIpc) is 3.00. The molecule has 0 spiro atoms. The third kappa shape index (κ3) is 3.27. The topological polar surface area (TPSA) is 99.4 Å². The number of nitriles is 1. The number of thiophene rings is 1. The second kappa shape index (κ2) is 6.82. The Kier molecular flexibility index (Phi) is 4.48. The molecular weight excluding hydrogens is 388 g/mol. The van der Waals surface area contributed by atoms with E-state index in [0.717, 1.165) is 63.4 Å². The van der Waals surface area contributed by atoms with Gasteiger partial charge in [-0.05, 0) is 81.6 Å². The fraction of sp³-hybridized carbons (Fsp3) is 0.682. The number of ether oxygens (including phenoxy) is 1. The minimum absolute atomic E-state index is 0.342. The maximum atomic E-state index is 12.9. The Morgan fingerprint density at radius 1 is 1.21 bits per heavy atom. The van der Waals surface area contributed by atoms with Crippen molar-refractivity contribution in [3.05, 3.63) is 16.0 Å². The molecule has 0 radical (unpaired) electrons. The van der Waals surface area contributed by atoms with E-state index in [0.29, 0.717) is 28.8 Å². The number of carbonyl (C=O) groups excluding carboxylic acids is 2. The summed E-state index contributed by atoms with van der Waals surface area (Å²) < 4.78 is 5.44. The first kappa shape index (κ1) is 19.1. The molecule has 154 valence electrons. The van der Waals surface area contributed by atoms with Gasteiger partial charge in [0.2, 0.25) is 0 Å². The molecule has 0 aliphatic heterocycles. The van der Waals surface area contributed by atoms with Crippen molar-refractivity contribution in [3.63, 3.8) is 0 Å². The standard InChI is InChI=1S/C22H26N2O4S/c23-10-16-15-3-1-2-4-17(15)29-19(16)24-18(25)11-28-20(26)21-6-13-5-14(7-21)9-22(27,8-13)12-21/h13-14,27H,1-9,11-12H2,(H,24,25). The van der Waals surface area contributed by atoms with Crippen molar-refractivity contribution in [2.24, 2.45) is 17.3 Å². The summed E-state index contributed by atoms with van der Waals surface area (Å²) in [7, 11) is 0. The van der Waals surface area contributed by atoms with Gasteiger partial charge < -0.3 is 15.2 Å². The SMILES string of the molecule is N#Cc1c(NC(=O)COC(=O)C23CC4CC(CC(O)(C4)C2)C3)sc2c1CCCC2. The number of hydrogen-bond acceptors (Lipinski definition) is 6. The van der Waals surface area contributed by atoms with Gasteiger partial charge in [-0.25, -0.2) is 0 Å². The number of nitrogens with one attached hydrogen (secondary N) is 1. The number of fused-ring (bicyclic) bond motifs is 1.